The van der Waals surface area contributed by atoms with E-state index < -0.39 is 0 Å². The van der Waals surface area contributed by atoms with E-state index in [1.54, 1.807) is 11.8 Å². The van der Waals surface area contributed by atoms with Crippen molar-refractivity contribution in [3.63, 3.8) is 0 Å². The minimum Gasteiger partial charge on any atom is -0.358 e. The van der Waals surface area contributed by atoms with Gasteiger partial charge in [-0.05, 0) is 25.3 Å². The minimum absolute atomic E-state index is 0.924. The van der Waals surface area contributed by atoms with E-state index in [0.29, 0.717) is 0 Å². The zero-order chi connectivity index (χ0) is 7.56. The van der Waals surface area contributed by atoms with Crippen LogP contribution in [0.3, 0.4) is 0 Å². The molecule has 54 valence electrons. The first-order chi connectivity index (χ1) is 4.74. The zero-order valence-electron chi connectivity index (χ0n) is 5.97. The molecule has 1 nitrogen and oxygen atoms in total. The number of hydrogen-bond donors (Lipinski definition) is 1. The number of thioether (sulfide) groups is 1. The predicted octanol–water partition coefficient (Wildman–Crippen LogP) is 2.36. The van der Waals surface area contributed by atoms with Crippen LogP contribution in [0.15, 0.2) is 12.1 Å². The molecule has 1 aromatic heterocycles. The van der Waals surface area contributed by atoms with Crippen molar-refractivity contribution in [1.82, 2.24) is 4.98 Å². The van der Waals surface area contributed by atoms with Gasteiger partial charge in [0.25, 0.3) is 0 Å². The third kappa shape index (κ3) is 1.61. The fraction of sp³-hybridized carbons (Fsp3) is 0.286. The summed E-state index contributed by atoms with van der Waals surface area (Å²) in [6, 6.07) is 4.03. The molecule has 0 unspecified atom stereocenters. The van der Waals surface area contributed by atoms with Crippen LogP contribution in [0.25, 0.3) is 0 Å². The molecule has 0 atom stereocenters. The number of H-pyrrole nitrogens is 1. The summed E-state index contributed by atoms with van der Waals surface area (Å²) < 4.78 is 0.924. The molecular weight excluding hydrogens is 162 g/mol. The van der Waals surface area contributed by atoms with Gasteiger partial charge in [-0.25, -0.2) is 0 Å². The van der Waals surface area contributed by atoms with Crippen molar-refractivity contribution in [1.29, 1.82) is 0 Å². The second-order valence-electron chi connectivity index (χ2n) is 2.05. The van der Waals surface area contributed by atoms with Gasteiger partial charge in [0.2, 0.25) is 0 Å². The first-order valence-electron chi connectivity index (χ1n) is 2.98. The largest absolute Gasteiger partial charge is 0.358 e. The Kier molecular flexibility index (Phi) is 2.51. The van der Waals surface area contributed by atoms with Crippen LogP contribution in [0.1, 0.15) is 11.4 Å². The summed E-state index contributed by atoms with van der Waals surface area (Å²) >= 11 is 6.66. The van der Waals surface area contributed by atoms with Gasteiger partial charge in [0.05, 0.1) is 9.89 Å². The molecule has 0 aliphatic carbocycles. The summed E-state index contributed by atoms with van der Waals surface area (Å²) in [6.07, 6.45) is 1.98. The topological polar surface area (TPSA) is 15.8 Å². The lowest BCUT2D eigenvalue weighted by molar-refractivity contribution is 1.26. The molecule has 0 amide bonds. The van der Waals surface area contributed by atoms with Crippen molar-refractivity contribution in [3.8, 4) is 0 Å². The van der Waals surface area contributed by atoms with Crippen molar-refractivity contribution < 1.29 is 0 Å². The highest BCUT2D eigenvalue weighted by atomic mass is 32.2. The van der Waals surface area contributed by atoms with Crippen molar-refractivity contribution >= 4 is 28.2 Å². The normalized spacial score (nSPS) is 9.80. The van der Waals surface area contributed by atoms with E-state index in [1.165, 1.54) is 0 Å². The van der Waals surface area contributed by atoms with Crippen molar-refractivity contribution in [2.75, 3.05) is 6.26 Å². The van der Waals surface area contributed by atoms with Gasteiger partial charge in [-0.3, -0.25) is 0 Å². The maximum Gasteiger partial charge on any atom is 0.0938 e. The highest BCUT2D eigenvalue weighted by Gasteiger charge is 1.99. The molecule has 1 rings (SSSR count). The molecule has 0 fully saturated rings. The summed E-state index contributed by atoms with van der Waals surface area (Å²) in [4.78, 5) is 3.16. The maximum atomic E-state index is 5.07. The third-order valence-electron chi connectivity index (χ3n) is 1.24. The molecule has 1 N–H and O–H groups in total. The molecule has 1 aromatic rings. The van der Waals surface area contributed by atoms with Crippen LogP contribution in [0.5, 0.6) is 0 Å². The quantitative estimate of drug-likeness (QED) is 0.653. The van der Waals surface area contributed by atoms with Gasteiger partial charge in [0, 0.05) is 5.69 Å². The van der Waals surface area contributed by atoms with E-state index in [2.05, 4.69) is 4.98 Å². The smallest absolute Gasteiger partial charge is 0.0938 e. The number of aromatic nitrogens is 1. The molecule has 0 aromatic carbocycles. The summed E-state index contributed by atoms with van der Waals surface area (Å²) in [5.41, 5.74) is 2.21. The maximum absolute atomic E-state index is 5.07. The lowest BCUT2D eigenvalue weighted by Gasteiger charge is -1.92. The number of thiocarbonyl (C=S) groups is 1. The van der Waals surface area contributed by atoms with E-state index in [4.69, 9.17) is 12.2 Å². The van der Waals surface area contributed by atoms with E-state index in [0.717, 1.165) is 15.6 Å². The lowest BCUT2D eigenvalue weighted by atomic mass is 10.5. The Labute approximate surface area is 70.2 Å². The van der Waals surface area contributed by atoms with Crippen LogP contribution < -0.4 is 0 Å². The number of nitrogens with one attached hydrogen (secondary N) is 1. The van der Waals surface area contributed by atoms with E-state index in [9.17, 15) is 0 Å². The third-order valence-corrected chi connectivity index (χ3v) is 2.55. The molecule has 0 aliphatic heterocycles. The van der Waals surface area contributed by atoms with Crippen LogP contribution in [0.2, 0.25) is 0 Å². The highest BCUT2D eigenvalue weighted by molar-refractivity contribution is 8.23. The number of aryl methyl sites for hydroxylation is 1. The summed E-state index contributed by atoms with van der Waals surface area (Å²) in [6.45, 7) is 2.02. The Balaban J connectivity index is 2.85. The van der Waals surface area contributed by atoms with E-state index >= 15 is 0 Å². The van der Waals surface area contributed by atoms with Crippen molar-refractivity contribution in [3.05, 3.63) is 23.5 Å². The van der Waals surface area contributed by atoms with Crippen LogP contribution in [-0.2, 0) is 0 Å². The molecule has 0 radical (unpaired) electrons. The van der Waals surface area contributed by atoms with Gasteiger partial charge in [-0.2, -0.15) is 0 Å². The molecule has 10 heavy (non-hydrogen) atoms. The fourth-order valence-corrected chi connectivity index (χ4v) is 1.19. The Bertz CT molecular complexity index is 240. The van der Waals surface area contributed by atoms with E-state index in [-0.39, 0.29) is 0 Å². The van der Waals surface area contributed by atoms with Crippen molar-refractivity contribution in [2.45, 2.75) is 6.92 Å². The Morgan fingerprint density at radius 1 is 1.60 bits per heavy atom. The first kappa shape index (κ1) is 7.82. The minimum atomic E-state index is 0.924. The molecule has 0 spiro atoms. The highest BCUT2D eigenvalue weighted by Crippen LogP contribution is 2.09. The van der Waals surface area contributed by atoms with Gasteiger partial charge in [-0.1, -0.05) is 12.2 Å². The Hall–Kier alpha value is -0.280. The average Bonchev–Trinajstić information content (AvgIpc) is 2.34. The van der Waals surface area contributed by atoms with Gasteiger partial charge >= 0.3 is 0 Å². The second kappa shape index (κ2) is 3.21. The molecule has 0 saturated heterocycles. The molecular formula is C7H9NS2. The number of rotatable bonds is 1. The summed E-state index contributed by atoms with van der Waals surface area (Å²) in [7, 11) is 0. The summed E-state index contributed by atoms with van der Waals surface area (Å²) in [5.74, 6) is 0. The van der Waals surface area contributed by atoms with Crippen LogP contribution in [0.4, 0.5) is 0 Å². The SMILES string of the molecule is CSC(=S)c1ccc(C)[nH]1. The van der Waals surface area contributed by atoms with Gasteiger partial charge in [0.15, 0.2) is 0 Å². The number of aromatic amines is 1. The standard InChI is InChI=1S/C7H9NS2/c1-5-3-4-6(8-5)7(9)10-2/h3-4,8H,1-2H3. The predicted molar refractivity (Wildman–Crippen MR) is 50.7 cm³/mol. The van der Waals surface area contributed by atoms with E-state index in [1.807, 2.05) is 25.3 Å². The first-order valence-corrected chi connectivity index (χ1v) is 4.61. The number of hydrogen-bond acceptors (Lipinski definition) is 2. The molecule has 3 heteroatoms. The molecule has 0 bridgehead atoms. The Morgan fingerprint density at radius 3 is 2.70 bits per heavy atom. The zero-order valence-corrected chi connectivity index (χ0v) is 7.60. The van der Waals surface area contributed by atoms with Crippen molar-refractivity contribution in [2.24, 2.45) is 0 Å². The van der Waals surface area contributed by atoms with Crippen LogP contribution in [-0.4, -0.2) is 15.4 Å². The molecule has 0 saturated carbocycles. The van der Waals surface area contributed by atoms with Gasteiger partial charge in [0.1, 0.15) is 0 Å². The fourth-order valence-electron chi connectivity index (χ4n) is 0.733. The molecule has 1 heterocycles. The average molecular weight is 171 g/mol. The Morgan fingerprint density at radius 2 is 2.30 bits per heavy atom. The van der Waals surface area contributed by atoms with Gasteiger partial charge in [-0.15, -0.1) is 11.8 Å². The molecule has 0 aliphatic rings. The second-order valence-corrected chi connectivity index (χ2v) is 3.53. The van der Waals surface area contributed by atoms with Gasteiger partial charge < -0.3 is 4.98 Å². The lowest BCUT2D eigenvalue weighted by Crippen LogP contribution is -1.89. The monoisotopic (exact) mass is 171 g/mol. The summed E-state index contributed by atoms with van der Waals surface area (Å²) in [5, 5.41) is 0. The van der Waals surface area contributed by atoms with Crippen LogP contribution in [0, 0.1) is 6.92 Å². The van der Waals surface area contributed by atoms with Crippen LogP contribution >= 0.6 is 24.0 Å².